The Morgan fingerprint density at radius 3 is 2.26 bits per heavy atom. The quantitative estimate of drug-likeness (QED) is 0.0440. The van der Waals surface area contributed by atoms with Gasteiger partial charge < -0.3 is 5.32 Å². The van der Waals surface area contributed by atoms with Crippen LogP contribution in [-0.2, 0) is 9.59 Å². The molecule has 0 aliphatic carbocycles. The fraction of sp³-hybridized carbons (Fsp3) is 0.781. The maximum atomic E-state index is 12.7. The number of rotatable bonds is 20. The lowest BCUT2D eigenvalue weighted by Crippen LogP contribution is -2.42. The van der Waals surface area contributed by atoms with Gasteiger partial charge in [0, 0.05) is 48.3 Å². The molecule has 0 amide bonds. The van der Waals surface area contributed by atoms with Gasteiger partial charge in [-0.1, -0.05) is 37.2 Å². The molecule has 10 heteroatoms. The van der Waals surface area contributed by atoms with Gasteiger partial charge in [-0.15, -0.1) is 35.3 Å². The van der Waals surface area contributed by atoms with Gasteiger partial charge in [-0.3, -0.25) is 9.59 Å². The average molecular weight is 691 g/mol. The third-order valence-corrected chi connectivity index (χ3v) is 13.6. The summed E-state index contributed by atoms with van der Waals surface area (Å²) in [5.74, 6) is 7.41. The number of nitrogens with zero attached hydrogens (tertiary/aromatic N) is 1. The Labute approximate surface area is 283 Å². The summed E-state index contributed by atoms with van der Waals surface area (Å²) >= 11 is 15.2. The molecule has 1 N–H and O–H groups in total. The van der Waals surface area contributed by atoms with Crippen molar-refractivity contribution >= 4 is 87.8 Å². The molecule has 0 aromatic rings. The highest BCUT2D eigenvalue weighted by Crippen LogP contribution is 2.38. The van der Waals surface area contributed by atoms with Gasteiger partial charge in [0.1, 0.15) is 11.6 Å². The number of carbonyl (C=O) groups excluding carboxylic acids is 2. The van der Waals surface area contributed by atoms with Crippen molar-refractivity contribution in [1.82, 2.24) is 9.62 Å². The fourth-order valence-corrected chi connectivity index (χ4v) is 11.2. The first kappa shape index (κ1) is 38.6. The number of thioether (sulfide) groups is 4. The van der Waals surface area contributed by atoms with E-state index in [1.165, 1.54) is 29.3 Å². The number of hydrogen-bond donors (Lipinski definition) is 1. The Morgan fingerprint density at radius 1 is 1.00 bits per heavy atom. The van der Waals surface area contributed by atoms with E-state index in [1.807, 2.05) is 47.0 Å². The third kappa shape index (κ3) is 14.7. The second-order valence-electron chi connectivity index (χ2n) is 12.7. The molecule has 2 rings (SSSR count). The number of Topliss-reactive ketones (excluding diaryl/α,β-unsaturated/α-hetero) is 2. The van der Waals surface area contributed by atoms with E-state index in [9.17, 15) is 9.59 Å². The van der Waals surface area contributed by atoms with E-state index in [4.69, 9.17) is 12.2 Å². The standard InChI is InChI=1S/C32H54N2O2S6/c1-24-13-19-41-28(24)15-18-40-23-34(39-7)32(4,5)17-12-27(36)10-8-9-26(35)11-16-31(2,3)33-30(37)21-29-25(22-38-6)14-20-42-29/h15,21,24-25H,8-14,16-20,22-23H2,1-7H3,(H,33,37)/b28-15+,29-21+. The van der Waals surface area contributed by atoms with Gasteiger partial charge in [0.25, 0.3) is 0 Å². The second kappa shape index (κ2) is 19.8. The van der Waals surface area contributed by atoms with E-state index < -0.39 is 0 Å². The maximum absolute atomic E-state index is 12.7. The number of carbonyl (C=O) groups is 2. The van der Waals surface area contributed by atoms with Crippen molar-refractivity contribution in [2.24, 2.45) is 11.8 Å². The Kier molecular flexibility index (Phi) is 18.2. The van der Waals surface area contributed by atoms with Crippen molar-refractivity contribution in [3.8, 4) is 0 Å². The van der Waals surface area contributed by atoms with Crippen LogP contribution in [0.5, 0.6) is 0 Å². The van der Waals surface area contributed by atoms with Gasteiger partial charge in [0.15, 0.2) is 0 Å². The summed E-state index contributed by atoms with van der Waals surface area (Å²) in [5.41, 5.74) is -0.294. The number of ketones is 2. The van der Waals surface area contributed by atoms with Crippen LogP contribution in [0.25, 0.3) is 0 Å². The molecule has 2 heterocycles. The van der Waals surface area contributed by atoms with Crippen molar-refractivity contribution < 1.29 is 9.59 Å². The molecule has 2 fully saturated rings. The SMILES string of the molecule is CSCC1CCS/C1=C/C(=S)NC(C)(C)CCC(=O)CCCC(=O)CCC(C)(C)N(CSC/C=C1/SCCC1C)SC. The summed E-state index contributed by atoms with van der Waals surface area (Å²) in [6.07, 6.45) is 15.6. The molecule has 2 aliphatic heterocycles. The molecule has 2 atom stereocenters. The smallest absolute Gasteiger partial charge is 0.133 e. The van der Waals surface area contributed by atoms with Gasteiger partial charge >= 0.3 is 0 Å². The van der Waals surface area contributed by atoms with Crippen molar-refractivity contribution in [3.05, 3.63) is 22.0 Å². The monoisotopic (exact) mass is 690 g/mol. The summed E-state index contributed by atoms with van der Waals surface area (Å²) < 4.78 is 2.41. The molecule has 240 valence electrons. The summed E-state index contributed by atoms with van der Waals surface area (Å²) in [5, 5.41) is 3.47. The Hall–Kier alpha value is 0.420. The Morgan fingerprint density at radius 2 is 1.64 bits per heavy atom. The highest BCUT2D eigenvalue weighted by Gasteiger charge is 2.27. The van der Waals surface area contributed by atoms with E-state index in [0.717, 1.165) is 41.1 Å². The molecule has 2 aliphatic rings. The Balaban J connectivity index is 1.64. The largest absolute Gasteiger partial charge is 0.371 e. The van der Waals surface area contributed by atoms with Crippen molar-refractivity contribution in [1.29, 1.82) is 0 Å². The zero-order chi connectivity index (χ0) is 31.2. The lowest BCUT2D eigenvalue weighted by Gasteiger charge is -2.36. The van der Waals surface area contributed by atoms with Crippen LogP contribution in [0.3, 0.4) is 0 Å². The van der Waals surface area contributed by atoms with Crippen molar-refractivity contribution in [3.63, 3.8) is 0 Å². The first-order valence-corrected chi connectivity index (χ1v) is 21.4. The second-order valence-corrected chi connectivity index (χ2v) is 18.2. The maximum Gasteiger partial charge on any atom is 0.133 e. The van der Waals surface area contributed by atoms with Crippen molar-refractivity contribution in [2.75, 3.05) is 41.4 Å². The van der Waals surface area contributed by atoms with Crippen LogP contribution in [-0.4, -0.2) is 73.3 Å². The van der Waals surface area contributed by atoms with E-state index in [-0.39, 0.29) is 22.6 Å². The van der Waals surface area contributed by atoms with E-state index in [0.29, 0.717) is 38.0 Å². The summed E-state index contributed by atoms with van der Waals surface area (Å²) in [6.45, 7) is 11.0. The number of allylic oxidation sites excluding steroid dienone is 2. The van der Waals surface area contributed by atoms with Crippen LogP contribution in [0.1, 0.15) is 92.4 Å². The third-order valence-electron chi connectivity index (χ3n) is 8.01. The zero-order valence-corrected chi connectivity index (χ0v) is 31.8. The summed E-state index contributed by atoms with van der Waals surface area (Å²) in [6, 6.07) is 0. The first-order valence-electron chi connectivity index (χ1n) is 15.3. The van der Waals surface area contributed by atoms with Gasteiger partial charge in [-0.25, -0.2) is 4.31 Å². The summed E-state index contributed by atoms with van der Waals surface area (Å²) in [7, 11) is 0. The van der Waals surface area contributed by atoms with E-state index >= 15 is 0 Å². The zero-order valence-electron chi connectivity index (χ0n) is 26.9. The molecule has 2 unspecified atom stereocenters. The predicted octanol–water partition coefficient (Wildman–Crippen LogP) is 9.26. The number of nitrogens with one attached hydrogen (secondary N) is 1. The highest BCUT2D eigenvalue weighted by atomic mass is 32.2. The minimum Gasteiger partial charge on any atom is -0.371 e. The van der Waals surface area contributed by atoms with Gasteiger partial charge in [-0.05, 0) is 112 Å². The van der Waals surface area contributed by atoms with E-state index in [2.05, 4.69) is 68.9 Å². The molecule has 0 aromatic carbocycles. The molecule has 0 saturated carbocycles. The molecule has 0 bridgehead atoms. The molecule has 42 heavy (non-hydrogen) atoms. The molecular weight excluding hydrogens is 637 g/mol. The Bertz CT molecular complexity index is 949. The molecule has 4 nitrogen and oxygen atoms in total. The van der Waals surface area contributed by atoms with Crippen LogP contribution >= 0.6 is 71.2 Å². The molecule has 2 saturated heterocycles. The van der Waals surface area contributed by atoms with Crippen molar-refractivity contribution in [2.45, 2.75) is 103 Å². The minimum absolute atomic E-state index is 0.0537. The van der Waals surface area contributed by atoms with Crippen LogP contribution < -0.4 is 5.32 Å². The lowest BCUT2D eigenvalue weighted by molar-refractivity contribution is -0.120. The number of hydrogen-bond acceptors (Lipinski definition) is 9. The molecule has 0 radical (unpaired) electrons. The average Bonchev–Trinajstić information content (AvgIpc) is 3.54. The minimum atomic E-state index is -0.240. The highest BCUT2D eigenvalue weighted by molar-refractivity contribution is 8.04. The molecule has 0 aromatic heterocycles. The molecule has 0 spiro atoms. The normalized spacial score (nSPS) is 21.5. The lowest BCUT2D eigenvalue weighted by atomic mass is 9.94. The topological polar surface area (TPSA) is 49.4 Å². The van der Waals surface area contributed by atoms with Crippen LogP contribution in [0.4, 0.5) is 0 Å². The van der Waals surface area contributed by atoms with Crippen LogP contribution in [0.15, 0.2) is 22.0 Å². The van der Waals surface area contributed by atoms with Crippen LogP contribution in [0.2, 0.25) is 0 Å². The predicted molar refractivity (Wildman–Crippen MR) is 200 cm³/mol. The van der Waals surface area contributed by atoms with E-state index in [1.54, 1.807) is 16.9 Å². The first-order chi connectivity index (χ1) is 19.9. The van der Waals surface area contributed by atoms with Gasteiger partial charge in [0.05, 0.1) is 10.9 Å². The van der Waals surface area contributed by atoms with Crippen LogP contribution in [0, 0.1) is 11.8 Å². The number of thiocarbonyl (C=S) groups is 1. The summed E-state index contributed by atoms with van der Waals surface area (Å²) in [4.78, 5) is 29.0. The molecular formula is C32H54N2O2S6. The fourth-order valence-electron chi connectivity index (χ4n) is 5.07. The van der Waals surface area contributed by atoms with Gasteiger partial charge in [-0.2, -0.15) is 11.8 Å². The van der Waals surface area contributed by atoms with Gasteiger partial charge in [0.2, 0.25) is 0 Å².